The van der Waals surface area contributed by atoms with Gasteiger partial charge in [0.25, 0.3) is 0 Å². The lowest BCUT2D eigenvalue weighted by Crippen LogP contribution is -2.39. The van der Waals surface area contributed by atoms with E-state index in [1.165, 1.54) is 31.3 Å². The molecule has 1 N–H and O–H groups in total. The minimum atomic E-state index is -3.80. The van der Waals surface area contributed by atoms with Crippen LogP contribution in [-0.4, -0.2) is 45.4 Å². The van der Waals surface area contributed by atoms with Crippen LogP contribution in [0.15, 0.2) is 47.4 Å². The summed E-state index contributed by atoms with van der Waals surface area (Å²) in [5.41, 5.74) is 0.818. The van der Waals surface area contributed by atoms with Gasteiger partial charge in [0, 0.05) is 12.1 Å². The molecule has 0 aliphatic rings. The molecular weight excluding hydrogens is 428 g/mol. The van der Waals surface area contributed by atoms with Gasteiger partial charge < -0.3 is 14.8 Å². The van der Waals surface area contributed by atoms with Crippen LogP contribution in [0.25, 0.3) is 0 Å². The van der Waals surface area contributed by atoms with Crippen molar-refractivity contribution >= 4 is 27.5 Å². The Kier molecular flexibility index (Phi) is 8.52. The number of hydrogen-bond acceptors (Lipinski definition) is 5. The predicted octanol–water partition coefficient (Wildman–Crippen LogP) is 3.64. The summed E-state index contributed by atoms with van der Waals surface area (Å²) in [6.07, 6.45) is 0. The maximum Gasteiger partial charge on any atom is 0.243 e. The van der Waals surface area contributed by atoms with Crippen molar-refractivity contribution < 1.29 is 22.7 Å². The molecule has 0 spiro atoms. The average Bonchev–Trinajstić information content (AvgIpc) is 2.69. The zero-order valence-electron chi connectivity index (χ0n) is 17.5. The number of nitrogens with zero attached hydrogens (tertiary/aromatic N) is 1. The van der Waals surface area contributed by atoms with E-state index in [1.807, 2.05) is 32.9 Å². The van der Waals surface area contributed by atoms with Crippen molar-refractivity contribution in [1.29, 1.82) is 0 Å². The molecule has 7 nitrogen and oxygen atoms in total. The molecule has 0 bridgehead atoms. The number of likely N-dealkylation sites (N-methyl/N-ethyl adjacent to an activating group) is 1. The molecule has 1 amide bonds. The fourth-order valence-corrected chi connectivity index (χ4v) is 4.03. The third-order valence-electron chi connectivity index (χ3n) is 4.33. The summed E-state index contributed by atoms with van der Waals surface area (Å²) in [6.45, 7) is 6.27. The predicted molar refractivity (Wildman–Crippen MR) is 117 cm³/mol. The van der Waals surface area contributed by atoms with Crippen molar-refractivity contribution in [2.45, 2.75) is 31.7 Å². The van der Waals surface area contributed by atoms with E-state index >= 15 is 0 Å². The first-order valence-corrected chi connectivity index (χ1v) is 11.4. The molecule has 0 heterocycles. The Labute approximate surface area is 183 Å². The highest BCUT2D eigenvalue weighted by atomic mass is 35.5. The second kappa shape index (κ2) is 10.7. The number of hydrogen-bond donors (Lipinski definition) is 1. The summed E-state index contributed by atoms with van der Waals surface area (Å²) < 4.78 is 37.4. The fraction of sp³-hybridized carbons (Fsp3) is 0.381. The molecule has 0 saturated heterocycles. The summed E-state index contributed by atoms with van der Waals surface area (Å²) >= 11 is 5.81. The van der Waals surface area contributed by atoms with Gasteiger partial charge in [-0.2, -0.15) is 4.31 Å². The first kappa shape index (κ1) is 24.0. The molecule has 0 aliphatic carbocycles. The number of amides is 1. The van der Waals surface area contributed by atoms with Crippen molar-refractivity contribution in [1.82, 2.24) is 9.62 Å². The quantitative estimate of drug-likeness (QED) is 0.592. The van der Waals surface area contributed by atoms with E-state index in [-0.39, 0.29) is 17.5 Å². The molecule has 1 atom stereocenters. The van der Waals surface area contributed by atoms with Crippen LogP contribution in [0.3, 0.4) is 0 Å². The SMILES string of the molecule is CCOc1ccc(C(C)NC(=O)CN(C)S(=O)(=O)c2ccc(Cl)cc2)cc1OCC. The van der Waals surface area contributed by atoms with Crippen molar-refractivity contribution in [3.8, 4) is 11.5 Å². The highest BCUT2D eigenvalue weighted by Gasteiger charge is 2.23. The highest BCUT2D eigenvalue weighted by molar-refractivity contribution is 7.89. The molecule has 9 heteroatoms. The molecule has 0 fully saturated rings. The first-order chi connectivity index (χ1) is 14.2. The number of nitrogens with one attached hydrogen (secondary N) is 1. The zero-order valence-corrected chi connectivity index (χ0v) is 19.1. The van der Waals surface area contributed by atoms with Crippen molar-refractivity contribution in [2.75, 3.05) is 26.8 Å². The molecule has 0 radical (unpaired) electrons. The largest absolute Gasteiger partial charge is 0.490 e. The van der Waals surface area contributed by atoms with Gasteiger partial charge in [0.1, 0.15) is 0 Å². The summed E-state index contributed by atoms with van der Waals surface area (Å²) in [4.78, 5) is 12.5. The van der Waals surface area contributed by atoms with E-state index < -0.39 is 15.9 Å². The second-order valence-corrected chi connectivity index (χ2v) is 9.06. The van der Waals surface area contributed by atoms with Gasteiger partial charge in [-0.05, 0) is 62.7 Å². The van der Waals surface area contributed by atoms with Crippen LogP contribution in [0, 0.1) is 0 Å². The zero-order chi connectivity index (χ0) is 22.3. The van der Waals surface area contributed by atoms with Gasteiger partial charge in [0.15, 0.2) is 11.5 Å². The maximum atomic E-state index is 12.6. The third-order valence-corrected chi connectivity index (χ3v) is 6.40. The minimum absolute atomic E-state index is 0.0723. The Balaban J connectivity index is 2.06. The number of sulfonamides is 1. The molecule has 164 valence electrons. The average molecular weight is 455 g/mol. The summed E-state index contributed by atoms with van der Waals surface area (Å²) in [6, 6.07) is 10.9. The van der Waals surface area contributed by atoms with Gasteiger partial charge in [-0.15, -0.1) is 0 Å². The molecular formula is C21H27ClN2O5S. The normalized spacial score (nSPS) is 12.5. The minimum Gasteiger partial charge on any atom is -0.490 e. The van der Waals surface area contributed by atoms with Crippen LogP contribution in [0.1, 0.15) is 32.4 Å². The Hall–Kier alpha value is -2.29. The molecule has 2 aromatic carbocycles. The standard InChI is InChI=1S/C21H27ClN2O5S/c1-5-28-19-12-7-16(13-20(19)29-6-2)15(3)23-21(25)14-24(4)30(26,27)18-10-8-17(22)9-11-18/h7-13,15H,5-6,14H2,1-4H3,(H,23,25). The summed E-state index contributed by atoms with van der Waals surface area (Å²) in [5.74, 6) is 0.810. The van der Waals surface area contributed by atoms with Crippen LogP contribution in [-0.2, 0) is 14.8 Å². The lowest BCUT2D eigenvalue weighted by Gasteiger charge is -2.20. The van der Waals surface area contributed by atoms with Gasteiger partial charge in [-0.25, -0.2) is 8.42 Å². The number of halogens is 1. The molecule has 2 aromatic rings. The van der Waals surface area contributed by atoms with Crippen LogP contribution in [0.5, 0.6) is 11.5 Å². The Morgan fingerprint density at radius 3 is 2.27 bits per heavy atom. The lowest BCUT2D eigenvalue weighted by atomic mass is 10.1. The van der Waals surface area contributed by atoms with Gasteiger partial charge >= 0.3 is 0 Å². The van der Waals surface area contributed by atoms with E-state index in [0.29, 0.717) is 29.7 Å². The van der Waals surface area contributed by atoms with E-state index in [0.717, 1.165) is 9.87 Å². The van der Waals surface area contributed by atoms with E-state index in [2.05, 4.69) is 5.32 Å². The number of benzene rings is 2. The van der Waals surface area contributed by atoms with Crippen molar-refractivity contribution in [2.24, 2.45) is 0 Å². The fourth-order valence-electron chi connectivity index (χ4n) is 2.78. The number of carbonyl (C=O) groups excluding carboxylic acids is 1. The molecule has 1 unspecified atom stereocenters. The van der Waals surface area contributed by atoms with Crippen LogP contribution < -0.4 is 14.8 Å². The van der Waals surface area contributed by atoms with Crippen molar-refractivity contribution in [3.63, 3.8) is 0 Å². The monoisotopic (exact) mass is 454 g/mol. The summed E-state index contributed by atoms with van der Waals surface area (Å²) in [5, 5.41) is 3.25. The molecule has 30 heavy (non-hydrogen) atoms. The van der Waals surface area contributed by atoms with E-state index in [9.17, 15) is 13.2 Å². The third kappa shape index (κ3) is 6.10. The van der Waals surface area contributed by atoms with E-state index in [4.69, 9.17) is 21.1 Å². The topological polar surface area (TPSA) is 84.9 Å². The van der Waals surface area contributed by atoms with Gasteiger partial charge in [-0.3, -0.25) is 4.79 Å². The number of rotatable bonds is 10. The van der Waals surface area contributed by atoms with Crippen LogP contribution in [0.2, 0.25) is 5.02 Å². The maximum absolute atomic E-state index is 12.6. The lowest BCUT2D eigenvalue weighted by molar-refractivity contribution is -0.121. The van der Waals surface area contributed by atoms with Crippen LogP contribution >= 0.6 is 11.6 Å². The van der Waals surface area contributed by atoms with Gasteiger partial charge in [0.05, 0.1) is 30.7 Å². The first-order valence-electron chi connectivity index (χ1n) is 9.59. The highest BCUT2D eigenvalue weighted by Crippen LogP contribution is 2.30. The molecule has 2 rings (SSSR count). The van der Waals surface area contributed by atoms with Crippen LogP contribution in [0.4, 0.5) is 0 Å². The number of ether oxygens (including phenoxy) is 2. The van der Waals surface area contributed by atoms with Crippen molar-refractivity contribution in [3.05, 3.63) is 53.1 Å². The second-order valence-electron chi connectivity index (χ2n) is 6.58. The molecule has 0 saturated carbocycles. The number of carbonyl (C=O) groups is 1. The Bertz CT molecular complexity index is 964. The molecule has 0 aliphatic heterocycles. The van der Waals surface area contributed by atoms with Gasteiger partial charge in [0.2, 0.25) is 15.9 Å². The molecule has 0 aromatic heterocycles. The Morgan fingerprint density at radius 2 is 1.67 bits per heavy atom. The smallest absolute Gasteiger partial charge is 0.243 e. The van der Waals surface area contributed by atoms with Gasteiger partial charge in [-0.1, -0.05) is 17.7 Å². The Morgan fingerprint density at radius 1 is 1.07 bits per heavy atom. The van der Waals surface area contributed by atoms with E-state index in [1.54, 1.807) is 6.07 Å². The summed E-state index contributed by atoms with van der Waals surface area (Å²) in [7, 11) is -2.44.